The largest absolute Gasteiger partial charge is 0.396 e. The van der Waals surface area contributed by atoms with Crippen LogP contribution in [0.1, 0.15) is 6.42 Å². The standard InChI is InChI=1S/C8H17N5/c1-13(2)4-3-8(10)11-5-7(9)6-12-8/h5-6,11H,3-4,9-10H2,1-2H3. The first-order valence-electron chi connectivity index (χ1n) is 4.24. The Morgan fingerprint density at radius 3 is 2.77 bits per heavy atom. The molecular formula is C8H17N5. The summed E-state index contributed by atoms with van der Waals surface area (Å²) in [5.41, 5.74) is 12.0. The fourth-order valence-electron chi connectivity index (χ4n) is 1.00. The molecule has 0 aromatic carbocycles. The lowest BCUT2D eigenvalue weighted by atomic mass is 10.2. The second kappa shape index (κ2) is 3.76. The Balaban J connectivity index is 2.46. The smallest absolute Gasteiger partial charge is 0.183 e. The van der Waals surface area contributed by atoms with Crippen LogP contribution in [0.4, 0.5) is 0 Å². The summed E-state index contributed by atoms with van der Waals surface area (Å²) in [5, 5.41) is 2.97. The molecule has 1 atom stereocenters. The highest BCUT2D eigenvalue weighted by molar-refractivity contribution is 5.78. The zero-order chi connectivity index (χ0) is 9.90. The zero-order valence-electron chi connectivity index (χ0n) is 8.12. The van der Waals surface area contributed by atoms with Gasteiger partial charge < -0.3 is 16.0 Å². The first-order chi connectivity index (χ1) is 6.02. The fraction of sp³-hybridized carbons (Fsp3) is 0.625. The maximum atomic E-state index is 5.93. The maximum absolute atomic E-state index is 5.93. The van der Waals surface area contributed by atoms with Crippen LogP contribution in [0.25, 0.3) is 0 Å². The SMILES string of the molecule is CN(C)CCC1(N)N=CC(N)=CN1. The molecule has 13 heavy (non-hydrogen) atoms. The van der Waals surface area contributed by atoms with Gasteiger partial charge in [0.2, 0.25) is 0 Å². The van der Waals surface area contributed by atoms with E-state index in [2.05, 4.69) is 15.2 Å². The molecule has 1 aliphatic heterocycles. The molecule has 0 amide bonds. The van der Waals surface area contributed by atoms with Crippen molar-refractivity contribution in [3.63, 3.8) is 0 Å². The van der Waals surface area contributed by atoms with Crippen LogP contribution in [0, 0.1) is 0 Å². The van der Waals surface area contributed by atoms with E-state index in [-0.39, 0.29) is 0 Å². The van der Waals surface area contributed by atoms with Gasteiger partial charge in [0.15, 0.2) is 5.79 Å². The molecule has 0 radical (unpaired) electrons. The van der Waals surface area contributed by atoms with Gasteiger partial charge in [-0.2, -0.15) is 0 Å². The Kier molecular flexibility index (Phi) is 2.90. The van der Waals surface area contributed by atoms with Crippen molar-refractivity contribution in [3.8, 4) is 0 Å². The zero-order valence-corrected chi connectivity index (χ0v) is 8.12. The van der Waals surface area contributed by atoms with Crippen molar-refractivity contribution in [3.05, 3.63) is 11.9 Å². The maximum Gasteiger partial charge on any atom is 0.183 e. The van der Waals surface area contributed by atoms with Crippen LogP contribution in [0.5, 0.6) is 0 Å². The normalized spacial score (nSPS) is 27.2. The van der Waals surface area contributed by atoms with E-state index in [0.29, 0.717) is 5.70 Å². The Labute approximate surface area is 78.5 Å². The second-order valence-electron chi connectivity index (χ2n) is 3.52. The number of allylic oxidation sites excluding steroid dienone is 1. The van der Waals surface area contributed by atoms with Gasteiger partial charge >= 0.3 is 0 Å². The minimum Gasteiger partial charge on any atom is -0.396 e. The van der Waals surface area contributed by atoms with Crippen molar-refractivity contribution < 1.29 is 0 Å². The van der Waals surface area contributed by atoms with Gasteiger partial charge in [-0.3, -0.25) is 5.73 Å². The molecule has 0 saturated carbocycles. The molecule has 5 nitrogen and oxygen atoms in total. The highest BCUT2D eigenvalue weighted by Crippen LogP contribution is 2.08. The highest BCUT2D eigenvalue weighted by atomic mass is 15.3. The summed E-state index contributed by atoms with van der Waals surface area (Å²) in [7, 11) is 4.00. The van der Waals surface area contributed by atoms with E-state index in [1.807, 2.05) is 14.1 Å². The van der Waals surface area contributed by atoms with E-state index in [1.165, 1.54) is 0 Å². The molecule has 0 aromatic heterocycles. The van der Waals surface area contributed by atoms with E-state index in [0.717, 1.165) is 13.0 Å². The molecule has 0 fully saturated rings. The lowest BCUT2D eigenvalue weighted by Crippen LogP contribution is -2.53. The van der Waals surface area contributed by atoms with Crippen LogP contribution in [-0.2, 0) is 0 Å². The third-order valence-corrected chi connectivity index (χ3v) is 1.87. The van der Waals surface area contributed by atoms with Crippen molar-refractivity contribution >= 4 is 6.21 Å². The average Bonchev–Trinajstić information content (AvgIpc) is 2.08. The number of nitrogens with zero attached hydrogens (tertiary/aromatic N) is 2. The van der Waals surface area contributed by atoms with Gasteiger partial charge in [0, 0.05) is 25.4 Å². The van der Waals surface area contributed by atoms with Gasteiger partial charge in [-0.25, -0.2) is 4.99 Å². The summed E-state index contributed by atoms with van der Waals surface area (Å²) in [6.45, 7) is 0.884. The molecule has 1 unspecified atom stereocenters. The van der Waals surface area contributed by atoms with Gasteiger partial charge in [-0.05, 0) is 14.1 Å². The topological polar surface area (TPSA) is 79.7 Å². The molecule has 1 rings (SSSR count). The van der Waals surface area contributed by atoms with E-state index in [9.17, 15) is 0 Å². The van der Waals surface area contributed by atoms with Gasteiger partial charge in [-0.15, -0.1) is 0 Å². The Morgan fingerprint density at radius 1 is 1.62 bits per heavy atom. The van der Waals surface area contributed by atoms with Crippen molar-refractivity contribution in [2.45, 2.75) is 12.2 Å². The molecule has 74 valence electrons. The number of hydrogen-bond acceptors (Lipinski definition) is 5. The van der Waals surface area contributed by atoms with Gasteiger partial charge in [0.25, 0.3) is 0 Å². The van der Waals surface area contributed by atoms with Crippen molar-refractivity contribution in [1.82, 2.24) is 10.2 Å². The molecule has 0 bridgehead atoms. The molecule has 0 spiro atoms. The predicted molar refractivity (Wildman–Crippen MR) is 54.0 cm³/mol. The van der Waals surface area contributed by atoms with Crippen molar-refractivity contribution in [2.24, 2.45) is 16.5 Å². The summed E-state index contributed by atoms with van der Waals surface area (Å²) in [6, 6.07) is 0. The Morgan fingerprint density at radius 2 is 2.31 bits per heavy atom. The molecule has 0 aromatic rings. The number of hydrogen-bond donors (Lipinski definition) is 3. The predicted octanol–water partition coefficient (Wildman–Crippen LogP) is -0.975. The lowest BCUT2D eigenvalue weighted by Gasteiger charge is -2.29. The van der Waals surface area contributed by atoms with E-state index in [1.54, 1.807) is 12.4 Å². The quantitative estimate of drug-likeness (QED) is 0.525. The van der Waals surface area contributed by atoms with Crippen LogP contribution in [0.3, 0.4) is 0 Å². The summed E-state index contributed by atoms with van der Waals surface area (Å²) < 4.78 is 0. The number of nitrogens with two attached hydrogens (primary N) is 2. The van der Waals surface area contributed by atoms with Gasteiger partial charge in [0.1, 0.15) is 0 Å². The molecule has 5 N–H and O–H groups in total. The summed E-state index contributed by atoms with van der Waals surface area (Å²) >= 11 is 0. The molecule has 1 heterocycles. The van der Waals surface area contributed by atoms with Crippen molar-refractivity contribution in [2.75, 3.05) is 20.6 Å². The first-order valence-corrected chi connectivity index (χ1v) is 4.24. The average molecular weight is 183 g/mol. The summed E-state index contributed by atoms with van der Waals surface area (Å²) in [6.07, 6.45) is 4.02. The number of rotatable bonds is 3. The van der Waals surface area contributed by atoms with Gasteiger partial charge in [-0.1, -0.05) is 0 Å². The first kappa shape index (κ1) is 10.0. The van der Waals surface area contributed by atoms with Gasteiger partial charge in [0.05, 0.1) is 5.70 Å². The molecular weight excluding hydrogens is 166 g/mol. The summed E-state index contributed by atoms with van der Waals surface area (Å²) in [4.78, 5) is 6.20. The molecule has 5 heteroatoms. The van der Waals surface area contributed by atoms with E-state index < -0.39 is 5.79 Å². The monoisotopic (exact) mass is 183 g/mol. The van der Waals surface area contributed by atoms with Crippen LogP contribution < -0.4 is 16.8 Å². The van der Waals surface area contributed by atoms with E-state index in [4.69, 9.17) is 11.5 Å². The Bertz CT molecular complexity index is 233. The minimum atomic E-state index is -0.687. The lowest BCUT2D eigenvalue weighted by molar-refractivity contribution is 0.296. The highest BCUT2D eigenvalue weighted by Gasteiger charge is 2.23. The Hall–Kier alpha value is -1.07. The minimum absolute atomic E-state index is 0.603. The summed E-state index contributed by atoms with van der Waals surface area (Å²) in [5.74, 6) is -0.687. The molecule has 1 aliphatic rings. The van der Waals surface area contributed by atoms with Crippen LogP contribution in [0.2, 0.25) is 0 Å². The van der Waals surface area contributed by atoms with E-state index >= 15 is 0 Å². The van der Waals surface area contributed by atoms with Crippen LogP contribution in [0.15, 0.2) is 16.9 Å². The molecule has 0 saturated heterocycles. The number of aliphatic imine (C=N–C) groups is 1. The third kappa shape index (κ3) is 3.04. The van der Waals surface area contributed by atoms with Crippen LogP contribution >= 0.6 is 0 Å². The second-order valence-corrected chi connectivity index (χ2v) is 3.52. The fourth-order valence-corrected chi connectivity index (χ4v) is 1.00. The van der Waals surface area contributed by atoms with Crippen LogP contribution in [-0.4, -0.2) is 37.5 Å². The third-order valence-electron chi connectivity index (χ3n) is 1.87. The number of nitrogens with one attached hydrogen (secondary N) is 1. The molecule has 0 aliphatic carbocycles. The van der Waals surface area contributed by atoms with Crippen molar-refractivity contribution in [1.29, 1.82) is 0 Å².